The summed E-state index contributed by atoms with van der Waals surface area (Å²) in [7, 11) is 0. The molecule has 3 N–H and O–H groups in total. The number of piperidine rings is 1. The van der Waals surface area contributed by atoms with Gasteiger partial charge in [0.1, 0.15) is 0 Å². The molecule has 1 aliphatic heterocycles. The summed E-state index contributed by atoms with van der Waals surface area (Å²) in [5.74, 6) is -0.832. The Balaban J connectivity index is 1.58. The van der Waals surface area contributed by atoms with Gasteiger partial charge in [-0.15, -0.1) is 0 Å². The van der Waals surface area contributed by atoms with Crippen LogP contribution in [0.4, 0.5) is 5.69 Å². The molecule has 2 aromatic carbocycles. The first kappa shape index (κ1) is 17.7. The second kappa shape index (κ2) is 7.82. The zero-order valence-corrected chi connectivity index (χ0v) is 14.4. The van der Waals surface area contributed by atoms with Crippen molar-refractivity contribution in [3.05, 3.63) is 65.7 Å². The van der Waals surface area contributed by atoms with Gasteiger partial charge in [-0.25, -0.2) is 0 Å². The summed E-state index contributed by atoms with van der Waals surface area (Å²) in [5, 5.41) is 2.91. The molecule has 3 rings (SSSR count). The molecule has 26 heavy (non-hydrogen) atoms. The molecule has 6 heteroatoms. The quantitative estimate of drug-likeness (QED) is 0.885. The number of carbonyl (C=O) groups excluding carboxylic acids is 3. The SMILES string of the molecule is NC(=O)c1cccc(C(=O)N2CCC(C(=O)Nc3ccccc3)CC2)c1. The topological polar surface area (TPSA) is 92.5 Å². The van der Waals surface area contributed by atoms with E-state index in [4.69, 9.17) is 5.73 Å². The maximum atomic E-state index is 12.6. The molecule has 1 aliphatic rings. The highest BCUT2D eigenvalue weighted by atomic mass is 16.2. The summed E-state index contributed by atoms with van der Waals surface area (Å²) in [6.07, 6.45) is 1.22. The molecule has 6 nitrogen and oxygen atoms in total. The summed E-state index contributed by atoms with van der Waals surface area (Å²) in [5.41, 5.74) is 6.80. The van der Waals surface area contributed by atoms with Crippen molar-refractivity contribution < 1.29 is 14.4 Å². The molecule has 0 spiro atoms. The molecular weight excluding hydrogens is 330 g/mol. The predicted octanol–water partition coefficient (Wildman–Crippen LogP) is 2.28. The number of nitrogens with one attached hydrogen (secondary N) is 1. The van der Waals surface area contributed by atoms with Gasteiger partial charge in [0.05, 0.1) is 0 Å². The van der Waals surface area contributed by atoms with Gasteiger partial charge < -0.3 is 16.0 Å². The van der Waals surface area contributed by atoms with Gasteiger partial charge in [-0.05, 0) is 43.2 Å². The van der Waals surface area contributed by atoms with Crippen LogP contribution in [0.2, 0.25) is 0 Å². The van der Waals surface area contributed by atoms with E-state index < -0.39 is 5.91 Å². The van der Waals surface area contributed by atoms with Crippen molar-refractivity contribution in [3.63, 3.8) is 0 Å². The van der Waals surface area contributed by atoms with Gasteiger partial charge in [-0.1, -0.05) is 24.3 Å². The normalized spacial score (nSPS) is 14.7. The zero-order valence-electron chi connectivity index (χ0n) is 14.4. The van der Waals surface area contributed by atoms with Crippen LogP contribution in [0.3, 0.4) is 0 Å². The number of hydrogen-bond donors (Lipinski definition) is 2. The van der Waals surface area contributed by atoms with Crippen molar-refractivity contribution in [1.82, 2.24) is 4.90 Å². The lowest BCUT2D eigenvalue weighted by molar-refractivity contribution is -0.121. The maximum Gasteiger partial charge on any atom is 0.253 e. The van der Waals surface area contributed by atoms with Crippen LogP contribution in [0.25, 0.3) is 0 Å². The van der Waals surface area contributed by atoms with Crippen LogP contribution in [-0.2, 0) is 4.79 Å². The van der Waals surface area contributed by atoms with Crippen molar-refractivity contribution in [2.24, 2.45) is 11.7 Å². The first-order valence-electron chi connectivity index (χ1n) is 8.59. The van der Waals surface area contributed by atoms with Crippen molar-refractivity contribution in [2.45, 2.75) is 12.8 Å². The number of amides is 3. The molecule has 0 aromatic heterocycles. The third-order valence-electron chi connectivity index (χ3n) is 4.59. The molecule has 0 bridgehead atoms. The molecule has 2 aromatic rings. The number of likely N-dealkylation sites (tertiary alicyclic amines) is 1. The number of benzene rings is 2. The van der Waals surface area contributed by atoms with E-state index in [1.54, 1.807) is 23.1 Å². The van der Waals surface area contributed by atoms with Crippen molar-refractivity contribution >= 4 is 23.4 Å². The molecular formula is C20H21N3O3. The lowest BCUT2D eigenvalue weighted by Crippen LogP contribution is -2.41. The van der Waals surface area contributed by atoms with Crippen LogP contribution in [0.5, 0.6) is 0 Å². The van der Waals surface area contributed by atoms with E-state index in [2.05, 4.69) is 5.32 Å². The van der Waals surface area contributed by atoms with E-state index in [0.29, 0.717) is 37.1 Å². The maximum absolute atomic E-state index is 12.6. The van der Waals surface area contributed by atoms with Gasteiger partial charge in [0, 0.05) is 35.8 Å². The summed E-state index contributed by atoms with van der Waals surface area (Å²) in [4.78, 5) is 38.0. The van der Waals surface area contributed by atoms with Crippen molar-refractivity contribution in [1.29, 1.82) is 0 Å². The minimum Gasteiger partial charge on any atom is -0.366 e. The molecule has 1 fully saturated rings. The molecule has 0 unspecified atom stereocenters. The highest BCUT2D eigenvalue weighted by molar-refractivity contribution is 5.99. The third kappa shape index (κ3) is 4.08. The average Bonchev–Trinajstić information content (AvgIpc) is 2.68. The summed E-state index contributed by atoms with van der Waals surface area (Å²) < 4.78 is 0. The minimum atomic E-state index is -0.559. The Morgan fingerprint density at radius 1 is 0.923 bits per heavy atom. The van der Waals surface area contributed by atoms with Crippen LogP contribution in [-0.4, -0.2) is 35.7 Å². The van der Waals surface area contributed by atoms with E-state index in [0.717, 1.165) is 5.69 Å². The number of nitrogens with zero attached hydrogens (tertiary/aromatic N) is 1. The van der Waals surface area contributed by atoms with Gasteiger partial charge in [0.25, 0.3) is 5.91 Å². The number of carbonyl (C=O) groups is 3. The molecule has 134 valence electrons. The molecule has 0 aliphatic carbocycles. The molecule has 0 saturated carbocycles. The van der Waals surface area contributed by atoms with E-state index in [9.17, 15) is 14.4 Å². The average molecular weight is 351 g/mol. The zero-order chi connectivity index (χ0) is 18.5. The van der Waals surface area contributed by atoms with Crippen LogP contribution in [0, 0.1) is 5.92 Å². The molecule has 1 saturated heterocycles. The van der Waals surface area contributed by atoms with Gasteiger partial charge in [0.2, 0.25) is 11.8 Å². The number of anilines is 1. The second-order valence-electron chi connectivity index (χ2n) is 6.37. The van der Waals surface area contributed by atoms with E-state index in [1.807, 2.05) is 30.3 Å². The van der Waals surface area contributed by atoms with Crippen molar-refractivity contribution in [3.8, 4) is 0 Å². The fraction of sp³-hybridized carbons (Fsp3) is 0.250. The Labute approximate surface area is 152 Å². The standard InChI is InChI=1S/C20H21N3O3/c21-18(24)15-5-4-6-16(13-15)20(26)23-11-9-14(10-12-23)19(25)22-17-7-2-1-3-8-17/h1-8,13-14H,9-12H2,(H2,21,24)(H,22,25). The Kier molecular flexibility index (Phi) is 5.31. The highest BCUT2D eigenvalue weighted by Crippen LogP contribution is 2.21. The van der Waals surface area contributed by atoms with Crippen LogP contribution in [0.15, 0.2) is 54.6 Å². The van der Waals surface area contributed by atoms with E-state index in [-0.39, 0.29) is 17.7 Å². The van der Waals surface area contributed by atoms with E-state index in [1.165, 1.54) is 6.07 Å². The number of nitrogens with two attached hydrogens (primary N) is 1. The van der Waals surface area contributed by atoms with Gasteiger partial charge >= 0.3 is 0 Å². The number of primary amides is 1. The van der Waals surface area contributed by atoms with E-state index >= 15 is 0 Å². The fourth-order valence-electron chi connectivity index (χ4n) is 3.10. The minimum absolute atomic E-state index is 0.0148. The fourth-order valence-corrected chi connectivity index (χ4v) is 3.10. The number of para-hydroxylation sites is 1. The first-order valence-corrected chi connectivity index (χ1v) is 8.59. The third-order valence-corrected chi connectivity index (χ3v) is 4.59. The Bertz CT molecular complexity index is 812. The van der Waals surface area contributed by atoms with Crippen LogP contribution < -0.4 is 11.1 Å². The lowest BCUT2D eigenvalue weighted by atomic mass is 9.95. The van der Waals surface area contributed by atoms with Gasteiger partial charge in [-0.2, -0.15) is 0 Å². The molecule has 0 radical (unpaired) electrons. The smallest absolute Gasteiger partial charge is 0.253 e. The highest BCUT2D eigenvalue weighted by Gasteiger charge is 2.28. The number of hydrogen-bond acceptors (Lipinski definition) is 3. The molecule has 1 heterocycles. The Morgan fingerprint density at radius 2 is 1.58 bits per heavy atom. The second-order valence-corrected chi connectivity index (χ2v) is 6.37. The Morgan fingerprint density at radius 3 is 2.23 bits per heavy atom. The Hall–Kier alpha value is -3.15. The van der Waals surface area contributed by atoms with Gasteiger partial charge in [0.15, 0.2) is 0 Å². The van der Waals surface area contributed by atoms with Crippen LogP contribution >= 0.6 is 0 Å². The largest absolute Gasteiger partial charge is 0.366 e. The molecule has 0 atom stereocenters. The lowest BCUT2D eigenvalue weighted by Gasteiger charge is -2.31. The summed E-state index contributed by atoms with van der Waals surface area (Å²) >= 11 is 0. The monoisotopic (exact) mass is 351 g/mol. The summed E-state index contributed by atoms with van der Waals surface area (Å²) in [6, 6.07) is 15.8. The number of rotatable bonds is 4. The van der Waals surface area contributed by atoms with Gasteiger partial charge in [-0.3, -0.25) is 14.4 Å². The predicted molar refractivity (Wildman–Crippen MR) is 98.7 cm³/mol. The molecule has 3 amide bonds. The van der Waals surface area contributed by atoms with Crippen LogP contribution in [0.1, 0.15) is 33.6 Å². The van der Waals surface area contributed by atoms with Crippen molar-refractivity contribution in [2.75, 3.05) is 18.4 Å². The summed E-state index contributed by atoms with van der Waals surface area (Å²) in [6.45, 7) is 1.01. The first-order chi connectivity index (χ1) is 12.5.